The standard InChI is InChI=1S/C13H22N6S/c1-3-4-14-7-12-9-19(17-16-12)6-5-18(2)8-13-10-20-11-15-13/h9-11,14H,3-8H2,1-2H3. The van der Waals surface area contributed by atoms with E-state index >= 15 is 0 Å². The van der Waals surface area contributed by atoms with Gasteiger partial charge in [0.1, 0.15) is 0 Å². The van der Waals surface area contributed by atoms with Crippen LogP contribution in [0.25, 0.3) is 0 Å². The van der Waals surface area contributed by atoms with Crippen LogP contribution < -0.4 is 5.32 Å². The van der Waals surface area contributed by atoms with Crippen LogP contribution in [0.4, 0.5) is 0 Å². The molecule has 2 heterocycles. The number of rotatable bonds is 9. The molecular weight excluding hydrogens is 272 g/mol. The lowest BCUT2D eigenvalue weighted by Gasteiger charge is -2.14. The van der Waals surface area contributed by atoms with Gasteiger partial charge in [0.2, 0.25) is 0 Å². The zero-order valence-electron chi connectivity index (χ0n) is 12.1. The van der Waals surface area contributed by atoms with Crippen molar-refractivity contribution in [2.24, 2.45) is 0 Å². The van der Waals surface area contributed by atoms with Crippen LogP contribution in [0.15, 0.2) is 17.1 Å². The highest BCUT2D eigenvalue weighted by Gasteiger charge is 2.04. The fraction of sp³-hybridized carbons (Fsp3) is 0.615. The summed E-state index contributed by atoms with van der Waals surface area (Å²) in [4.78, 5) is 6.53. The van der Waals surface area contributed by atoms with E-state index in [1.54, 1.807) is 11.3 Å². The third-order valence-electron chi connectivity index (χ3n) is 2.95. The summed E-state index contributed by atoms with van der Waals surface area (Å²) in [6, 6.07) is 0. The Morgan fingerprint density at radius 2 is 2.30 bits per heavy atom. The maximum Gasteiger partial charge on any atom is 0.0964 e. The lowest BCUT2D eigenvalue weighted by atomic mass is 10.4. The summed E-state index contributed by atoms with van der Waals surface area (Å²) in [5.41, 5.74) is 4.00. The van der Waals surface area contributed by atoms with Crippen LogP contribution >= 0.6 is 11.3 Å². The van der Waals surface area contributed by atoms with E-state index < -0.39 is 0 Å². The molecule has 0 saturated carbocycles. The topological polar surface area (TPSA) is 58.9 Å². The quantitative estimate of drug-likeness (QED) is 0.708. The van der Waals surface area contributed by atoms with Crippen molar-refractivity contribution >= 4 is 11.3 Å². The van der Waals surface area contributed by atoms with Gasteiger partial charge < -0.3 is 5.32 Å². The van der Waals surface area contributed by atoms with Gasteiger partial charge in [-0.2, -0.15) is 0 Å². The highest BCUT2D eigenvalue weighted by molar-refractivity contribution is 7.07. The highest BCUT2D eigenvalue weighted by atomic mass is 32.1. The van der Waals surface area contributed by atoms with Gasteiger partial charge in [0.05, 0.1) is 23.4 Å². The van der Waals surface area contributed by atoms with Gasteiger partial charge >= 0.3 is 0 Å². The SMILES string of the molecule is CCCNCc1cn(CCN(C)Cc2cscn2)nn1. The Morgan fingerprint density at radius 1 is 1.40 bits per heavy atom. The first-order valence-electron chi connectivity index (χ1n) is 6.93. The molecule has 0 radical (unpaired) electrons. The van der Waals surface area contributed by atoms with Crippen LogP contribution in [-0.2, 0) is 19.6 Å². The van der Waals surface area contributed by atoms with Crippen molar-refractivity contribution in [1.82, 2.24) is 30.2 Å². The predicted molar refractivity (Wildman–Crippen MR) is 80.5 cm³/mol. The van der Waals surface area contributed by atoms with Gasteiger partial charge in [-0.05, 0) is 20.0 Å². The predicted octanol–water partition coefficient (Wildman–Crippen LogP) is 1.37. The van der Waals surface area contributed by atoms with Crippen LogP contribution in [0, 0.1) is 0 Å². The second-order valence-corrected chi connectivity index (χ2v) is 5.59. The monoisotopic (exact) mass is 294 g/mol. The van der Waals surface area contributed by atoms with Gasteiger partial charge in [-0.1, -0.05) is 12.1 Å². The van der Waals surface area contributed by atoms with Crippen molar-refractivity contribution in [3.8, 4) is 0 Å². The molecule has 110 valence electrons. The minimum absolute atomic E-state index is 0.794. The number of hydrogen-bond acceptors (Lipinski definition) is 6. The summed E-state index contributed by atoms with van der Waals surface area (Å²) in [6.45, 7) is 6.63. The zero-order chi connectivity index (χ0) is 14.2. The largest absolute Gasteiger partial charge is 0.311 e. The van der Waals surface area contributed by atoms with Crippen LogP contribution in [0.5, 0.6) is 0 Å². The molecule has 0 bridgehead atoms. The Bertz CT molecular complexity index is 481. The second-order valence-electron chi connectivity index (χ2n) is 4.87. The Hall–Kier alpha value is -1.31. The van der Waals surface area contributed by atoms with Crippen LogP contribution in [0.1, 0.15) is 24.7 Å². The first-order chi connectivity index (χ1) is 9.78. The van der Waals surface area contributed by atoms with Crippen molar-refractivity contribution in [2.45, 2.75) is 33.0 Å². The molecule has 0 aliphatic rings. The summed E-state index contributed by atoms with van der Waals surface area (Å²) in [6.07, 6.45) is 3.15. The molecule has 0 unspecified atom stereocenters. The molecule has 0 spiro atoms. The average molecular weight is 294 g/mol. The summed E-state index contributed by atoms with van der Waals surface area (Å²) in [5, 5.41) is 13.7. The third kappa shape index (κ3) is 4.99. The fourth-order valence-corrected chi connectivity index (χ4v) is 2.42. The first kappa shape index (κ1) is 15.1. The van der Waals surface area contributed by atoms with Crippen molar-refractivity contribution < 1.29 is 0 Å². The summed E-state index contributed by atoms with van der Waals surface area (Å²) < 4.78 is 1.90. The summed E-state index contributed by atoms with van der Waals surface area (Å²) in [5.74, 6) is 0. The summed E-state index contributed by atoms with van der Waals surface area (Å²) >= 11 is 1.64. The third-order valence-corrected chi connectivity index (χ3v) is 3.58. The van der Waals surface area contributed by atoms with Crippen molar-refractivity contribution in [2.75, 3.05) is 20.1 Å². The molecule has 6 nitrogen and oxygen atoms in total. The van der Waals surface area contributed by atoms with E-state index in [0.29, 0.717) is 0 Å². The Labute approximate surface area is 123 Å². The van der Waals surface area contributed by atoms with E-state index in [0.717, 1.165) is 50.5 Å². The molecule has 7 heteroatoms. The summed E-state index contributed by atoms with van der Waals surface area (Å²) in [7, 11) is 2.10. The average Bonchev–Trinajstić information content (AvgIpc) is 3.08. The van der Waals surface area contributed by atoms with Gasteiger partial charge in [-0.15, -0.1) is 16.4 Å². The normalized spacial score (nSPS) is 11.3. The van der Waals surface area contributed by atoms with Crippen molar-refractivity contribution in [3.63, 3.8) is 0 Å². The van der Waals surface area contributed by atoms with Gasteiger partial charge in [0.15, 0.2) is 0 Å². The molecule has 0 atom stereocenters. The maximum atomic E-state index is 4.29. The van der Waals surface area contributed by atoms with E-state index in [4.69, 9.17) is 0 Å². The molecule has 0 aromatic carbocycles. The fourth-order valence-electron chi connectivity index (χ4n) is 1.87. The first-order valence-corrected chi connectivity index (χ1v) is 7.87. The number of likely N-dealkylation sites (N-methyl/N-ethyl adjacent to an activating group) is 1. The van der Waals surface area contributed by atoms with Crippen molar-refractivity contribution in [1.29, 1.82) is 0 Å². The van der Waals surface area contributed by atoms with E-state index in [1.807, 2.05) is 16.4 Å². The van der Waals surface area contributed by atoms with E-state index in [-0.39, 0.29) is 0 Å². The highest BCUT2D eigenvalue weighted by Crippen LogP contribution is 2.04. The van der Waals surface area contributed by atoms with Gasteiger partial charge in [-0.3, -0.25) is 9.58 Å². The number of hydrogen-bond donors (Lipinski definition) is 1. The van der Waals surface area contributed by atoms with Gasteiger partial charge in [0, 0.05) is 31.2 Å². The van der Waals surface area contributed by atoms with E-state index in [1.165, 1.54) is 0 Å². The zero-order valence-corrected chi connectivity index (χ0v) is 12.9. The molecule has 20 heavy (non-hydrogen) atoms. The molecule has 1 N–H and O–H groups in total. The number of aromatic nitrogens is 4. The molecular formula is C13H22N6S. The molecule has 0 fully saturated rings. The van der Waals surface area contributed by atoms with E-state index in [2.05, 4.69) is 44.9 Å². The van der Waals surface area contributed by atoms with Crippen LogP contribution in [0.2, 0.25) is 0 Å². The number of thiazole rings is 1. The Morgan fingerprint density at radius 3 is 3.05 bits per heavy atom. The van der Waals surface area contributed by atoms with Gasteiger partial charge in [-0.25, -0.2) is 4.98 Å². The minimum Gasteiger partial charge on any atom is -0.311 e. The number of nitrogens with one attached hydrogen (secondary N) is 1. The lowest BCUT2D eigenvalue weighted by Crippen LogP contribution is -2.23. The molecule has 0 amide bonds. The van der Waals surface area contributed by atoms with Gasteiger partial charge in [0.25, 0.3) is 0 Å². The lowest BCUT2D eigenvalue weighted by molar-refractivity contribution is 0.301. The molecule has 0 saturated heterocycles. The molecule has 2 aromatic heterocycles. The molecule has 2 aromatic rings. The Kier molecular flexibility index (Phi) is 6.10. The number of nitrogens with zero attached hydrogens (tertiary/aromatic N) is 5. The molecule has 0 aliphatic heterocycles. The molecule has 2 rings (SSSR count). The molecule has 0 aliphatic carbocycles. The smallest absolute Gasteiger partial charge is 0.0964 e. The van der Waals surface area contributed by atoms with Crippen LogP contribution in [0.3, 0.4) is 0 Å². The minimum atomic E-state index is 0.794. The maximum absolute atomic E-state index is 4.29. The van der Waals surface area contributed by atoms with E-state index in [9.17, 15) is 0 Å². The Balaban J connectivity index is 1.70. The van der Waals surface area contributed by atoms with Crippen LogP contribution in [-0.4, -0.2) is 45.0 Å². The van der Waals surface area contributed by atoms with Crippen molar-refractivity contribution in [3.05, 3.63) is 28.5 Å². The second kappa shape index (κ2) is 8.08.